The number of sulfonamides is 1. The van der Waals surface area contributed by atoms with Crippen LogP contribution in [0.15, 0.2) is 57.9 Å². The van der Waals surface area contributed by atoms with Crippen LogP contribution in [0.5, 0.6) is 0 Å². The summed E-state index contributed by atoms with van der Waals surface area (Å²) in [7, 11) is -3.66. The first kappa shape index (κ1) is 23.3. The van der Waals surface area contributed by atoms with Crippen LogP contribution in [-0.2, 0) is 34.1 Å². The Bertz CT molecular complexity index is 1300. The van der Waals surface area contributed by atoms with Crippen LogP contribution in [0.1, 0.15) is 22.6 Å². The van der Waals surface area contributed by atoms with Gasteiger partial charge in [0.2, 0.25) is 10.0 Å². The summed E-state index contributed by atoms with van der Waals surface area (Å²) in [6.45, 7) is 3.05. The van der Waals surface area contributed by atoms with Gasteiger partial charge in [-0.3, -0.25) is 0 Å². The first-order valence-electron chi connectivity index (χ1n) is 11.1. The van der Waals surface area contributed by atoms with Gasteiger partial charge in [-0.1, -0.05) is 28.1 Å². The number of hydrogen-bond donors (Lipinski definition) is 0. The monoisotopic (exact) mass is 546 g/mol. The van der Waals surface area contributed by atoms with Gasteiger partial charge in [0.25, 0.3) is 0 Å². The van der Waals surface area contributed by atoms with Crippen molar-refractivity contribution in [3.63, 3.8) is 0 Å². The molecule has 1 saturated heterocycles. The molecule has 1 aromatic heterocycles. The van der Waals surface area contributed by atoms with E-state index in [9.17, 15) is 12.8 Å². The molecule has 34 heavy (non-hydrogen) atoms. The molecule has 5 rings (SSSR count). The maximum Gasteiger partial charge on any atom is 0.243 e. The van der Waals surface area contributed by atoms with Crippen molar-refractivity contribution in [2.75, 3.05) is 37.7 Å². The second-order valence-electron chi connectivity index (χ2n) is 8.34. The lowest BCUT2D eigenvalue weighted by Crippen LogP contribution is -2.41. The minimum absolute atomic E-state index is 0.209. The molecule has 0 radical (unpaired) electrons. The van der Waals surface area contributed by atoms with Gasteiger partial charge < -0.3 is 9.64 Å². The number of fused-ring (bicyclic) bond motifs is 1. The number of anilines is 1. The van der Waals surface area contributed by atoms with Gasteiger partial charge in [-0.2, -0.15) is 4.31 Å². The van der Waals surface area contributed by atoms with Crippen LogP contribution in [0.3, 0.4) is 0 Å². The van der Waals surface area contributed by atoms with E-state index >= 15 is 0 Å². The van der Waals surface area contributed by atoms with Crippen molar-refractivity contribution >= 4 is 31.8 Å². The molecule has 2 aliphatic heterocycles. The molecule has 10 heteroatoms. The second kappa shape index (κ2) is 9.69. The quantitative estimate of drug-likeness (QED) is 0.487. The molecule has 0 unspecified atom stereocenters. The van der Waals surface area contributed by atoms with Crippen molar-refractivity contribution in [1.82, 2.24) is 14.3 Å². The second-order valence-corrected chi connectivity index (χ2v) is 11.2. The zero-order valence-corrected chi connectivity index (χ0v) is 20.9. The van der Waals surface area contributed by atoms with Crippen LogP contribution in [-0.4, -0.2) is 55.5 Å². The largest absolute Gasteiger partial charge is 0.378 e. The zero-order chi connectivity index (χ0) is 23.7. The Labute approximate surface area is 206 Å². The van der Waals surface area contributed by atoms with Gasteiger partial charge in [0.1, 0.15) is 17.5 Å². The van der Waals surface area contributed by atoms with E-state index in [-0.39, 0.29) is 17.3 Å². The van der Waals surface area contributed by atoms with Gasteiger partial charge >= 0.3 is 0 Å². The van der Waals surface area contributed by atoms with Crippen molar-refractivity contribution in [3.8, 4) is 0 Å². The lowest BCUT2D eigenvalue weighted by atomic mass is 10.1. The summed E-state index contributed by atoms with van der Waals surface area (Å²) in [6.07, 6.45) is 0.893. The molecule has 0 N–H and O–H groups in total. The van der Waals surface area contributed by atoms with E-state index in [1.807, 2.05) is 6.07 Å². The van der Waals surface area contributed by atoms with Crippen LogP contribution < -0.4 is 4.90 Å². The number of morpholine rings is 1. The SMILES string of the molecule is O=S(=O)(c1ccc(Br)cc1)N1CCc2nc(Cc3cccc(F)c3)nc(N3CCOCC3)c2C1. The van der Waals surface area contributed by atoms with Crippen molar-refractivity contribution < 1.29 is 17.5 Å². The zero-order valence-electron chi connectivity index (χ0n) is 18.5. The van der Waals surface area contributed by atoms with Crippen LogP contribution in [0, 0.1) is 5.82 Å². The summed E-state index contributed by atoms with van der Waals surface area (Å²) < 4.78 is 48.2. The normalized spacial score (nSPS) is 16.9. The molecule has 0 saturated carbocycles. The predicted octanol–water partition coefficient (Wildman–Crippen LogP) is 3.55. The van der Waals surface area contributed by atoms with Crippen molar-refractivity contribution in [3.05, 3.63) is 81.5 Å². The minimum atomic E-state index is -3.66. The number of halogens is 2. The Kier molecular flexibility index (Phi) is 6.65. The van der Waals surface area contributed by atoms with E-state index in [4.69, 9.17) is 14.7 Å². The topological polar surface area (TPSA) is 75.6 Å². The Balaban J connectivity index is 1.50. The van der Waals surface area contributed by atoms with Gasteiger partial charge in [0.15, 0.2) is 0 Å². The van der Waals surface area contributed by atoms with Gasteiger partial charge in [0, 0.05) is 49.1 Å². The van der Waals surface area contributed by atoms with E-state index < -0.39 is 10.0 Å². The summed E-state index contributed by atoms with van der Waals surface area (Å²) >= 11 is 3.36. The Morgan fingerprint density at radius 3 is 2.53 bits per heavy atom. The number of benzene rings is 2. The standard InChI is InChI=1S/C24H24BrFN4O3S/c25-18-4-6-20(7-5-18)34(31,32)30-9-8-22-21(16-30)24(29-10-12-33-13-11-29)28-23(27-22)15-17-2-1-3-19(26)14-17/h1-7,14H,8-13,15-16H2. The average molecular weight is 547 g/mol. The molecule has 2 aromatic carbocycles. The lowest BCUT2D eigenvalue weighted by molar-refractivity contribution is 0.122. The molecule has 178 valence electrons. The highest BCUT2D eigenvalue weighted by Crippen LogP contribution is 2.31. The fourth-order valence-electron chi connectivity index (χ4n) is 4.33. The van der Waals surface area contributed by atoms with E-state index in [0.717, 1.165) is 27.1 Å². The summed E-state index contributed by atoms with van der Waals surface area (Å²) in [6, 6.07) is 13.1. The first-order valence-corrected chi connectivity index (χ1v) is 13.3. The summed E-state index contributed by atoms with van der Waals surface area (Å²) in [5.74, 6) is 1.06. The molecule has 1 fully saturated rings. The first-order chi connectivity index (χ1) is 16.4. The van der Waals surface area contributed by atoms with Crippen LogP contribution in [0.4, 0.5) is 10.2 Å². The number of aromatic nitrogens is 2. The molecule has 7 nitrogen and oxygen atoms in total. The Morgan fingerprint density at radius 2 is 1.79 bits per heavy atom. The van der Waals surface area contributed by atoms with Gasteiger partial charge in [0.05, 0.1) is 23.8 Å². The highest BCUT2D eigenvalue weighted by molar-refractivity contribution is 9.10. The van der Waals surface area contributed by atoms with Crippen LogP contribution >= 0.6 is 15.9 Å². The summed E-state index contributed by atoms with van der Waals surface area (Å²) in [5.41, 5.74) is 2.48. The number of nitrogens with zero attached hydrogens (tertiary/aromatic N) is 4. The number of ether oxygens (including phenoxy) is 1. The molecule has 2 aliphatic rings. The minimum Gasteiger partial charge on any atom is -0.378 e. The predicted molar refractivity (Wildman–Crippen MR) is 130 cm³/mol. The summed E-state index contributed by atoms with van der Waals surface area (Å²) in [4.78, 5) is 12.0. The molecule has 0 spiro atoms. The molecular formula is C24H24BrFN4O3S. The number of hydrogen-bond acceptors (Lipinski definition) is 6. The third kappa shape index (κ3) is 4.86. The molecule has 0 atom stereocenters. The Hall–Kier alpha value is -2.40. The molecular weight excluding hydrogens is 523 g/mol. The van der Waals surface area contributed by atoms with Gasteiger partial charge in [-0.25, -0.2) is 22.8 Å². The fourth-order valence-corrected chi connectivity index (χ4v) is 6.00. The summed E-state index contributed by atoms with van der Waals surface area (Å²) in [5, 5.41) is 0. The van der Waals surface area contributed by atoms with Crippen LogP contribution in [0.25, 0.3) is 0 Å². The van der Waals surface area contributed by atoms with Crippen molar-refractivity contribution in [1.29, 1.82) is 0 Å². The van der Waals surface area contributed by atoms with E-state index in [2.05, 4.69) is 20.8 Å². The van der Waals surface area contributed by atoms with E-state index in [1.54, 1.807) is 30.3 Å². The fraction of sp³-hybridized carbons (Fsp3) is 0.333. The smallest absolute Gasteiger partial charge is 0.243 e. The lowest BCUT2D eigenvalue weighted by Gasteiger charge is -2.34. The van der Waals surface area contributed by atoms with Crippen molar-refractivity contribution in [2.24, 2.45) is 0 Å². The van der Waals surface area contributed by atoms with Crippen LogP contribution in [0.2, 0.25) is 0 Å². The van der Waals surface area contributed by atoms with E-state index in [1.165, 1.54) is 16.4 Å². The average Bonchev–Trinajstić information content (AvgIpc) is 2.84. The van der Waals surface area contributed by atoms with E-state index in [0.29, 0.717) is 51.5 Å². The molecule has 0 aliphatic carbocycles. The van der Waals surface area contributed by atoms with Gasteiger partial charge in [-0.05, 0) is 42.0 Å². The Morgan fingerprint density at radius 1 is 1.03 bits per heavy atom. The van der Waals surface area contributed by atoms with Gasteiger partial charge in [-0.15, -0.1) is 0 Å². The third-order valence-electron chi connectivity index (χ3n) is 6.06. The molecule has 0 amide bonds. The molecule has 3 heterocycles. The maximum absolute atomic E-state index is 13.7. The number of rotatable bonds is 5. The molecule has 0 bridgehead atoms. The highest BCUT2D eigenvalue weighted by atomic mass is 79.9. The molecule has 3 aromatic rings. The third-order valence-corrected chi connectivity index (χ3v) is 8.45. The highest BCUT2D eigenvalue weighted by Gasteiger charge is 2.32. The van der Waals surface area contributed by atoms with Crippen molar-refractivity contribution in [2.45, 2.75) is 24.3 Å². The maximum atomic E-state index is 13.7.